The van der Waals surface area contributed by atoms with Gasteiger partial charge in [0, 0.05) is 15.4 Å². The molecule has 0 aliphatic carbocycles. The maximum atomic E-state index is 13.9. The smallest absolute Gasteiger partial charge is 0.160 e. The summed E-state index contributed by atoms with van der Waals surface area (Å²) in [5.41, 5.74) is 1.55. The molecule has 21 heavy (non-hydrogen) atoms. The molecule has 0 saturated carbocycles. The minimum absolute atomic E-state index is 0.172. The normalized spacial score (nSPS) is 12.0. The second-order valence-corrected chi connectivity index (χ2v) is 6.07. The van der Waals surface area contributed by atoms with Gasteiger partial charge in [-0.15, -0.1) is 0 Å². The maximum Gasteiger partial charge on any atom is 0.160 e. The summed E-state index contributed by atoms with van der Waals surface area (Å²) in [6, 6.07) is 10.2. The number of methoxy groups -OCH3 is 2. The third-order valence-electron chi connectivity index (χ3n) is 3.16. The summed E-state index contributed by atoms with van der Waals surface area (Å²) in [7, 11) is 3.18. The molecule has 0 aromatic heterocycles. The molecule has 0 aliphatic rings. The van der Waals surface area contributed by atoms with Crippen molar-refractivity contribution in [3.05, 3.63) is 58.4 Å². The molecule has 1 unspecified atom stereocenters. The number of halogens is 3. The zero-order valence-electron chi connectivity index (χ0n) is 11.7. The fourth-order valence-corrected chi connectivity index (χ4v) is 2.98. The van der Waals surface area contributed by atoms with Gasteiger partial charge in [0.25, 0.3) is 0 Å². The molecule has 0 aliphatic heterocycles. The van der Waals surface area contributed by atoms with Gasteiger partial charge in [0.1, 0.15) is 5.82 Å². The highest BCUT2D eigenvalue weighted by Gasteiger charge is 2.15. The number of hydrogen-bond donors (Lipinski definition) is 0. The quantitative estimate of drug-likeness (QED) is 0.673. The Labute approximate surface area is 137 Å². The van der Waals surface area contributed by atoms with Crippen molar-refractivity contribution in [2.24, 2.45) is 0 Å². The Morgan fingerprint density at radius 1 is 1.10 bits per heavy atom. The van der Waals surface area contributed by atoms with Gasteiger partial charge in [-0.05, 0) is 42.3 Å². The minimum Gasteiger partial charge on any atom is -0.493 e. The zero-order valence-corrected chi connectivity index (χ0v) is 14.0. The van der Waals surface area contributed by atoms with Gasteiger partial charge < -0.3 is 9.47 Å². The van der Waals surface area contributed by atoms with E-state index in [4.69, 9.17) is 21.1 Å². The highest BCUT2D eigenvalue weighted by molar-refractivity contribution is 9.09. The predicted octanol–water partition coefficient (Wildman–Crippen LogP) is 5.18. The van der Waals surface area contributed by atoms with Crippen LogP contribution in [0.2, 0.25) is 5.02 Å². The monoisotopic (exact) mass is 372 g/mol. The Morgan fingerprint density at radius 2 is 1.81 bits per heavy atom. The van der Waals surface area contributed by atoms with Crippen molar-refractivity contribution in [3.63, 3.8) is 0 Å². The van der Waals surface area contributed by atoms with Crippen molar-refractivity contribution >= 4 is 27.5 Å². The van der Waals surface area contributed by atoms with E-state index in [-0.39, 0.29) is 10.6 Å². The van der Waals surface area contributed by atoms with Crippen molar-refractivity contribution in [1.29, 1.82) is 0 Å². The first kappa shape index (κ1) is 16.1. The Kier molecular flexibility index (Phi) is 5.48. The lowest BCUT2D eigenvalue weighted by Crippen LogP contribution is -2.00. The van der Waals surface area contributed by atoms with Gasteiger partial charge in [-0.25, -0.2) is 4.39 Å². The number of ether oxygens (including phenoxy) is 2. The lowest BCUT2D eigenvalue weighted by atomic mass is 10.0. The molecular formula is C16H15BrClFO2. The van der Waals surface area contributed by atoms with Gasteiger partial charge >= 0.3 is 0 Å². The highest BCUT2D eigenvalue weighted by Crippen LogP contribution is 2.34. The van der Waals surface area contributed by atoms with E-state index in [1.807, 2.05) is 18.2 Å². The zero-order chi connectivity index (χ0) is 15.4. The van der Waals surface area contributed by atoms with Crippen molar-refractivity contribution in [1.82, 2.24) is 0 Å². The van der Waals surface area contributed by atoms with E-state index in [0.29, 0.717) is 28.5 Å². The summed E-state index contributed by atoms with van der Waals surface area (Å²) in [6.07, 6.45) is 0.609. The Hall–Kier alpha value is -1.26. The Morgan fingerprint density at radius 3 is 2.48 bits per heavy atom. The summed E-state index contributed by atoms with van der Waals surface area (Å²) >= 11 is 9.45. The molecule has 0 radical (unpaired) electrons. The number of rotatable bonds is 5. The first-order chi connectivity index (χ1) is 10.0. The second-order valence-electron chi connectivity index (χ2n) is 4.53. The summed E-state index contributed by atoms with van der Waals surface area (Å²) in [6.45, 7) is 0. The molecule has 0 amide bonds. The third kappa shape index (κ3) is 3.89. The molecule has 0 N–H and O–H groups in total. The van der Waals surface area contributed by atoms with E-state index >= 15 is 0 Å². The van der Waals surface area contributed by atoms with Crippen LogP contribution in [-0.4, -0.2) is 14.2 Å². The van der Waals surface area contributed by atoms with Crippen LogP contribution in [0.3, 0.4) is 0 Å². The predicted molar refractivity (Wildman–Crippen MR) is 86.3 cm³/mol. The Balaban J connectivity index is 2.23. The molecule has 5 heteroatoms. The Bertz CT molecular complexity index is 634. The van der Waals surface area contributed by atoms with Gasteiger partial charge in [0.05, 0.1) is 14.2 Å². The molecule has 2 aromatic carbocycles. The van der Waals surface area contributed by atoms with E-state index in [1.165, 1.54) is 12.1 Å². The molecule has 0 heterocycles. The van der Waals surface area contributed by atoms with Crippen LogP contribution in [0, 0.1) is 5.82 Å². The van der Waals surface area contributed by atoms with Crippen LogP contribution in [0.5, 0.6) is 11.5 Å². The van der Waals surface area contributed by atoms with Crippen LogP contribution in [0.1, 0.15) is 16.0 Å². The SMILES string of the molecule is COc1ccc(CC(Br)c2cc(Cl)ccc2F)cc1OC. The van der Waals surface area contributed by atoms with Crippen molar-refractivity contribution < 1.29 is 13.9 Å². The van der Waals surface area contributed by atoms with E-state index in [1.54, 1.807) is 20.3 Å². The van der Waals surface area contributed by atoms with E-state index in [0.717, 1.165) is 5.56 Å². The van der Waals surface area contributed by atoms with Crippen molar-refractivity contribution in [2.75, 3.05) is 14.2 Å². The average Bonchev–Trinajstić information content (AvgIpc) is 2.49. The second kappa shape index (κ2) is 7.14. The first-order valence-electron chi connectivity index (χ1n) is 6.35. The summed E-state index contributed by atoms with van der Waals surface area (Å²) in [5.74, 6) is 1.05. The molecule has 2 nitrogen and oxygen atoms in total. The summed E-state index contributed by atoms with van der Waals surface area (Å²) in [4.78, 5) is -0.172. The van der Waals surface area contributed by atoms with Crippen LogP contribution in [0.25, 0.3) is 0 Å². The van der Waals surface area contributed by atoms with Crippen molar-refractivity contribution in [3.8, 4) is 11.5 Å². The maximum absolute atomic E-state index is 13.9. The molecule has 2 rings (SSSR count). The standard InChI is InChI=1S/C16H15BrClFO2/c1-20-15-6-3-10(8-16(15)21-2)7-13(17)12-9-11(18)4-5-14(12)19/h3-6,8-9,13H,7H2,1-2H3. The van der Waals surface area contributed by atoms with Crippen LogP contribution >= 0.6 is 27.5 Å². The molecule has 1 atom stereocenters. The fourth-order valence-electron chi connectivity index (χ4n) is 2.08. The molecular weight excluding hydrogens is 359 g/mol. The molecule has 0 fully saturated rings. The van der Waals surface area contributed by atoms with Gasteiger partial charge in [-0.2, -0.15) is 0 Å². The van der Waals surface area contributed by atoms with Crippen LogP contribution in [0.4, 0.5) is 4.39 Å². The fraction of sp³-hybridized carbons (Fsp3) is 0.250. The minimum atomic E-state index is -0.276. The number of benzene rings is 2. The molecule has 0 bridgehead atoms. The first-order valence-corrected chi connectivity index (χ1v) is 7.64. The van der Waals surface area contributed by atoms with E-state index < -0.39 is 0 Å². The largest absolute Gasteiger partial charge is 0.493 e. The molecule has 0 saturated heterocycles. The lowest BCUT2D eigenvalue weighted by Gasteiger charge is -2.14. The highest BCUT2D eigenvalue weighted by atomic mass is 79.9. The summed E-state index contributed by atoms with van der Waals surface area (Å²) < 4.78 is 24.3. The van der Waals surface area contributed by atoms with E-state index in [2.05, 4.69) is 15.9 Å². The van der Waals surface area contributed by atoms with Gasteiger partial charge in [-0.3, -0.25) is 0 Å². The van der Waals surface area contributed by atoms with Gasteiger partial charge in [0.2, 0.25) is 0 Å². The van der Waals surface area contributed by atoms with E-state index in [9.17, 15) is 4.39 Å². The molecule has 112 valence electrons. The van der Waals surface area contributed by atoms with Crippen molar-refractivity contribution in [2.45, 2.75) is 11.2 Å². The van der Waals surface area contributed by atoms with Crippen LogP contribution in [-0.2, 0) is 6.42 Å². The topological polar surface area (TPSA) is 18.5 Å². The number of alkyl halides is 1. The molecule has 0 spiro atoms. The van der Waals surface area contributed by atoms with Gasteiger partial charge in [0.15, 0.2) is 11.5 Å². The molecule has 2 aromatic rings. The summed E-state index contributed by atoms with van der Waals surface area (Å²) in [5, 5.41) is 0.517. The lowest BCUT2D eigenvalue weighted by molar-refractivity contribution is 0.354. The third-order valence-corrected chi connectivity index (χ3v) is 4.21. The van der Waals surface area contributed by atoms with Crippen LogP contribution < -0.4 is 9.47 Å². The van der Waals surface area contributed by atoms with Crippen LogP contribution in [0.15, 0.2) is 36.4 Å². The number of hydrogen-bond acceptors (Lipinski definition) is 2. The van der Waals surface area contributed by atoms with Gasteiger partial charge in [-0.1, -0.05) is 33.6 Å². The average molecular weight is 374 g/mol.